The fourth-order valence-corrected chi connectivity index (χ4v) is 2.63. The van der Waals surface area contributed by atoms with Crippen molar-refractivity contribution >= 4 is 16.7 Å². The lowest BCUT2D eigenvalue weighted by molar-refractivity contribution is -0.133. The molecule has 0 N–H and O–H groups in total. The van der Waals surface area contributed by atoms with E-state index in [4.69, 9.17) is 9.47 Å². The van der Waals surface area contributed by atoms with Crippen LogP contribution >= 0.6 is 0 Å². The standard InChI is InChI=1S/C20H20N2O4/c1-3-12-25-14-8-10-15(11-9-14)26-19(23)13-18-16-6-4-5-7-17(16)20(24)22(2)21-18/h4-11H,3,12-13H2,1-2H3. The van der Waals surface area contributed by atoms with Crippen LogP contribution in [0.4, 0.5) is 0 Å². The van der Waals surface area contributed by atoms with Crippen LogP contribution in [0.5, 0.6) is 11.5 Å². The average Bonchev–Trinajstić information content (AvgIpc) is 2.65. The van der Waals surface area contributed by atoms with E-state index >= 15 is 0 Å². The number of ether oxygens (including phenoxy) is 2. The summed E-state index contributed by atoms with van der Waals surface area (Å²) in [6.45, 7) is 2.68. The van der Waals surface area contributed by atoms with E-state index in [2.05, 4.69) is 5.10 Å². The van der Waals surface area contributed by atoms with E-state index in [0.29, 0.717) is 28.8 Å². The molecule has 0 unspecified atom stereocenters. The molecule has 26 heavy (non-hydrogen) atoms. The summed E-state index contributed by atoms with van der Waals surface area (Å²) in [5, 5.41) is 5.41. The van der Waals surface area contributed by atoms with Crippen LogP contribution in [0.3, 0.4) is 0 Å². The molecule has 3 aromatic rings. The zero-order chi connectivity index (χ0) is 18.5. The quantitative estimate of drug-likeness (QED) is 0.504. The average molecular weight is 352 g/mol. The maximum absolute atomic E-state index is 12.3. The lowest BCUT2D eigenvalue weighted by atomic mass is 10.1. The second kappa shape index (κ2) is 7.82. The van der Waals surface area contributed by atoms with Gasteiger partial charge in [-0.25, -0.2) is 4.68 Å². The molecule has 3 rings (SSSR count). The van der Waals surface area contributed by atoms with Gasteiger partial charge in [0.1, 0.15) is 11.5 Å². The molecule has 0 fully saturated rings. The molecule has 1 heterocycles. The monoisotopic (exact) mass is 352 g/mol. The van der Waals surface area contributed by atoms with Crippen molar-refractivity contribution in [1.29, 1.82) is 0 Å². The van der Waals surface area contributed by atoms with E-state index in [-0.39, 0.29) is 12.0 Å². The topological polar surface area (TPSA) is 70.4 Å². The van der Waals surface area contributed by atoms with Crippen LogP contribution in [0, 0.1) is 0 Å². The Balaban J connectivity index is 1.75. The predicted octanol–water partition coefficient (Wildman–Crippen LogP) is 2.87. The van der Waals surface area contributed by atoms with Crippen LogP contribution in [0.1, 0.15) is 19.0 Å². The predicted molar refractivity (Wildman–Crippen MR) is 98.6 cm³/mol. The van der Waals surface area contributed by atoms with E-state index in [1.54, 1.807) is 49.5 Å². The summed E-state index contributed by atoms with van der Waals surface area (Å²) >= 11 is 0. The van der Waals surface area contributed by atoms with Crippen LogP contribution in [-0.2, 0) is 18.3 Å². The van der Waals surface area contributed by atoms with Crippen molar-refractivity contribution in [3.63, 3.8) is 0 Å². The van der Waals surface area contributed by atoms with E-state index in [9.17, 15) is 9.59 Å². The molecule has 134 valence electrons. The molecule has 0 aliphatic heterocycles. The molecule has 2 aromatic carbocycles. The Labute approximate surface area is 151 Å². The maximum Gasteiger partial charge on any atom is 0.317 e. The van der Waals surface area contributed by atoms with Crippen LogP contribution in [0.25, 0.3) is 10.8 Å². The summed E-state index contributed by atoms with van der Waals surface area (Å²) in [6.07, 6.45) is 0.903. The summed E-state index contributed by atoms with van der Waals surface area (Å²) in [7, 11) is 1.57. The number of aromatic nitrogens is 2. The summed E-state index contributed by atoms with van der Waals surface area (Å²) < 4.78 is 12.1. The number of esters is 1. The summed E-state index contributed by atoms with van der Waals surface area (Å²) in [5.74, 6) is 0.730. The Morgan fingerprint density at radius 2 is 1.69 bits per heavy atom. The van der Waals surface area contributed by atoms with Gasteiger partial charge in [0.05, 0.1) is 24.1 Å². The summed E-state index contributed by atoms with van der Waals surface area (Å²) in [4.78, 5) is 24.4. The zero-order valence-electron chi connectivity index (χ0n) is 14.8. The lowest BCUT2D eigenvalue weighted by Crippen LogP contribution is -2.23. The molecule has 0 saturated carbocycles. The van der Waals surface area contributed by atoms with Crippen molar-refractivity contribution in [2.45, 2.75) is 19.8 Å². The molecule has 0 amide bonds. The van der Waals surface area contributed by atoms with Crippen LogP contribution in [0.15, 0.2) is 53.3 Å². The summed E-state index contributed by atoms with van der Waals surface area (Å²) in [5.41, 5.74) is 0.316. The molecule has 6 heteroatoms. The van der Waals surface area contributed by atoms with Crippen molar-refractivity contribution in [1.82, 2.24) is 9.78 Å². The van der Waals surface area contributed by atoms with Gasteiger partial charge in [-0.3, -0.25) is 9.59 Å². The fraction of sp³-hybridized carbons (Fsp3) is 0.250. The highest BCUT2D eigenvalue weighted by atomic mass is 16.5. The second-order valence-corrected chi connectivity index (χ2v) is 5.89. The number of aryl methyl sites for hydroxylation is 1. The molecular formula is C20H20N2O4. The van der Waals surface area contributed by atoms with Gasteiger partial charge in [-0.05, 0) is 36.8 Å². The molecule has 0 radical (unpaired) electrons. The van der Waals surface area contributed by atoms with E-state index in [1.165, 1.54) is 4.68 Å². The molecule has 0 saturated heterocycles. The Morgan fingerprint density at radius 3 is 2.38 bits per heavy atom. The highest BCUT2D eigenvalue weighted by molar-refractivity contribution is 5.87. The molecule has 0 spiro atoms. The first-order chi connectivity index (χ1) is 12.6. The van der Waals surface area contributed by atoms with E-state index < -0.39 is 5.97 Å². The first kappa shape index (κ1) is 17.7. The molecule has 1 aromatic heterocycles. The number of benzene rings is 2. The third-order valence-corrected chi connectivity index (χ3v) is 3.87. The maximum atomic E-state index is 12.3. The molecular weight excluding hydrogens is 332 g/mol. The Kier molecular flexibility index (Phi) is 5.31. The van der Waals surface area contributed by atoms with Gasteiger partial charge in [-0.2, -0.15) is 5.10 Å². The third-order valence-electron chi connectivity index (χ3n) is 3.87. The smallest absolute Gasteiger partial charge is 0.317 e. The third kappa shape index (κ3) is 3.91. The number of hydrogen-bond acceptors (Lipinski definition) is 5. The van der Waals surface area contributed by atoms with Gasteiger partial charge >= 0.3 is 5.97 Å². The Bertz CT molecular complexity index is 977. The molecule has 0 aliphatic rings. The van der Waals surface area contributed by atoms with E-state index in [1.807, 2.05) is 13.0 Å². The highest BCUT2D eigenvalue weighted by Crippen LogP contribution is 2.19. The van der Waals surface area contributed by atoms with Crippen LogP contribution in [-0.4, -0.2) is 22.4 Å². The van der Waals surface area contributed by atoms with Gasteiger partial charge in [-0.15, -0.1) is 0 Å². The van der Waals surface area contributed by atoms with Gasteiger partial charge in [0.15, 0.2) is 0 Å². The second-order valence-electron chi connectivity index (χ2n) is 5.89. The summed E-state index contributed by atoms with van der Waals surface area (Å²) in [6, 6.07) is 14.0. The minimum atomic E-state index is -0.441. The minimum Gasteiger partial charge on any atom is -0.494 e. The van der Waals surface area contributed by atoms with Crippen molar-refractivity contribution in [2.24, 2.45) is 7.05 Å². The van der Waals surface area contributed by atoms with Gasteiger partial charge < -0.3 is 9.47 Å². The molecule has 0 aliphatic carbocycles. The van der Waals surface area contributed by atoms with Gasteiger partial charge in [0.2, 0.25) is 0 Å². The molecule has 0 bridgehead atoms. The first-order valence-corrected chi connectivity index (χ1v) is 8.47. The number of fused-ring (bicyclic) bond motifs is 1. The van der Waals surface area contributed by atoms with Gasteiger partial charge in [0.25, 0.3) is 5.56 Å². The number of rotatable bonds is 6. The highest BCUT2D eigenvalue weighted by Gasteiger charge is 2.14. The van der Waals surface area contributed by atoms with Crippen LogP contribution < -0.4 is 15.0 Å². The van der Waals surface area contributed by atoms with Crippen LogP contribution in [0.2, 0.25) is 0 Å². The lowest BCUT2D eigenvalue weighted by Gasteiger charge is -2.09. The SMILES string of the molecule is CCCOc1ccc(OC(=O)Cc2nn(C)c(=O)c3ccccc23)cc1. The normalized spacial score (nSPS) is 10.7. The first-order valence-electron chi connectivity index (χ1n) is 8.47. The zero-order valence-corrected chi connectivity index (χ0v) is 14.8. The van der Waals surface area contributed by atoms with Crippen molar-refractivity contribution in [2.75, 3.05) is 6.61 Å². The Hall–Kier alpha value is -3.15. The number of nitrogens with zero attached hydrogens (tertiary/aromatic N) is 2. The Morgan fingerprint density at radius 1 is 1.04 bits per heavy atom. The number of hydrogen-bond donors (Lipinski definition) is 0. The van der Waals surface area contributed by atoms with E-state index in [0.717, 1.165) is 12.2 Å². The molecule has 0 atom stereocenters. The van der Waals surface area contributed by atoms with Crippen molar-refractivity contribution in [3.05, 3.63) is 64.6 Å². The van der Waals surface area contributed by atoms with Crippen molar-refractivity contribution in [3.8, 4) is 11.5 Å². The fourth-order valence-electron chi connectivity index (χ4n) is 2.63. The minimum absolute atomic E-state index is 0.0251. The molecule has 6 nitrogen and oxygen atoms in total. The van der Waals surface area contributed by atoms with Gasteiger partial charge in [-0.1, -0.05) is 25.1 Å². The van der Waals surface area contributed by atoms with Crippen molar-refractivity contribution < 1.29 is 14.3 Å². The van der Waals surface area contributed by atoms with Gasteiger partial charge in [0, 0.05) is 12.4 Å². The number of carbonyl (C=O) groups excluding carboxylic acids is 1. The number of carbonyl (C=O) groups is 1. The largest absolute Gasteiger partial charge is 0.494 e.